The highest BCUT2D eigenvalue weighted by molar-refractivity contribution is 8.22. The van der Waals surface area contributed by atoms with Crippen LogP contribution in [0.1, 0.15) is 22.7 Å². The van der Waals surface area contributed by atoms with Gasteiger partial charge in [-0.25, -0.2) is 0 Å². The average Bonchev–Trinajstić information content (AvgIpc) is 2.53. The average molecular weight is 315 g/mol. The van der Waals surface area contributed by atoms with Crippen molar-refractivity contribution in [2.45, 2.75) is 11.5 Å². The Labute approximate surface area is 135 Å². The van der Waals surface area contributed by atoms with Gasteiger partial charge in [-0.15, -0.1) is 0 Å². The first-order chi connectivity index (χ1) is 10.2. The number of nitrogens with zero attached hydrogens (tertiary/aromatic N) is 1. The van der Waals surface area contributed by atoms with E-state index in [1.807, 2.05) is 0 Å². The van der Waals surface area contributed by atoms with Crippen molar-refractivity contribution >= 4 is 28.3 Å². The summed E-state index contributed by atoms with van der Waals surface area (Å²) in [5.74, 6) is 0. The van der Waals surface area contributed by atoms with Crippen LogP contribution in [0.25, 0.3) is 0 Å². The molecule has 2 aromatic carbocycles. The molecule has 3 rings (SSSR count). The van der Waals surface area contributed by atoms with Crippen molar-refractivity contribution in [2.75, 3.05) is 14.1 Å². The van der Waals surface area contributed by atoms with E-state index in [2.05, 4.69) is 79.7 Å². The molecule has 0 amide bonds. The predicted octanol–water partition coefficient (Wildman–Crippen LogP) is 2.86. The summed E-state index contributed by atoms with van der Waals surface area (Å²) in [6, 6.07) is 21.3. The van der Waals surface area contributed by atoms with Gasteiger partial charge in [0.2, 0.25) is 0 Å². The van der Waals surface area contributed by atoms with Gasteiger partial charge in [-0.3, -0.25) is 4.90 Å². The molecule has 1 fully saturated rings. The molecule has 3 unspecified atom stereocenters. The standard InChI is InChI=1S/C17H18N2S2/c1-18-15(13-9-5-3-6-10-13)19(2)17(20)21-16(18)14-11-7-4-8-12-14/h3-12,15-16H,1-2H3/p+1. The molecule has 0 radical (unpaired) electrons. The van der Waals surface area contributed by atoms with Gasteiger partial charge in [0.15, 0.2) is 11.5 Å². The molecule has 4 heteroatoms. The monoisotopic (exact) mass is 315 g/mol. The minimum absolute atomic E-state index is 0.255. The Kier molecular flexibility index (Phi) is 4.29. The summed E-state index contributed by atoms with van der Waals surface area (Å²) in [6.45, 7) is 0. The molecule has 1 aliphatic heterocycles. The normalized spacial score (nSPS) is 25.9. The molecule has 0 aliphatic carbocycles. The highest BCUT2D eigenvalue weighted by atomic mass is 32.2. The van der Waals surface area contributed by atoms with Crippen LogP contribution >= 0.6 is 24.0 Å². The smallest absolute Gasteiger partial charge is 0.191 e. The van der Waals surface area contributed by atoms with Crippen LogP contribution in [0.3, 0.4) is 0 Å². The third kappa shape index (κ3) is 2.84. The molecule has 108 valence electrons. The quantitative estimate of drug-likeness (QED) is 0.853. The zero-order valence-electron chi connectivity index (χ0n) is 12.2. The molecule has 0 bridgehead atoms. The summed E-state index contributed by atoms with van der Waals surface area (Å²) in [6.07, 6.45) is 0.255. The number of nitrogens with one attached hydrogen (secondary N) is 1. The molecule has 1 heterocycles. The van der Waals surface area contributed by atoms with E-state index < -0.39 is 0 Å². The van der Waals surface area contributed by atoms with E-state index in [4.69, 9.17) is 12.2 Å². The molecule has 1 N–H and O–H groups in total. The van der Waals surface area contributed by atoms with Gasteiger partial charge < -0.3 is 4.90 Å². The van der Waals surface area contributed by atoms with Crippen LogP contribution in [0.15, 0.2) is 60.7 Å². The fourth-order valence-corrected chi connectivity index (χ4v) is 4.39. The highest BCUT2D eigenvalue weighted by Gasteiger charge is 2.40. The molecule has 21 heavy (non-hydrogen) atoms. The van der Waals surface area contributed by atoms with Crippen LogP contribution in [0.2, 0.25) is 0 Å². The van der Waals surface area contributed by atoms with E-state index in [-0.39, 0.29) is 6.17 Å². The SMILES string of the molecule is CN1C(=S)SC(c2ccccc2)[NH+](C)C1c1ccccc1. The summed E-state index contributed by atoms with van der Waals surface area (Å²) >= 11 is 7.39. The molecule has 3 atom stereocenters. The summed E-state index contributed by atoms with van der Waals surface area (Å²) in [5, 5.41) is 0.333. The molecule has 0 spiro atoms. The zero-order valence-corrected chi connectivity index (χ0v) is 13.8. The van der Waals surface area contributed by atoms with Crippen molar-refractivity contribution in [2.24, 2.45) is 0 Å². The lowest BCUT2D eigenvalue weighted by Crippen LogP contribution is -3.12. The minimum atomic E-state index is 0.255. The number of rotatable bonds is 2. The first-order valence-electron chi connectivity index (χ1n) is 7.05. The first kappa shape index (κ1) is 14.6. The van der Waals surface area contributed by atoms with Crippen molar-refractivity contribution in [3.05, 3.63) is 71.8 Å². The van der Waals surface area contributed by atoms with Crippen molar-refractivity contribution < 1.29 is 4.90 Å². The fourth-order valence-electron chi connectivity index (χ4n) is 2.91. The summed E-state index contributed by atoms with van der Waals surface area (Å²) < 4.78 is 0.961. The van der Waals surface area contributed by atoms with Gasteiger partial charge in [-0.05, 0) is 11.8 Å². The number of thioether (sulfide) groups is 1. The predicted molar refractivity (Wildman–Crippen MR) is 93.2 cm³/mol. The molecule has 1 saturated heterocycles. The summed E-state index contributed by atoms with van der Waals surface area (Å²) in [7, 11) is 4.35. The fraction of sp³-hybridized carbons (Fsp3) is 0.235. The van der Waals surface area contributed by atoms with Gasteiger partial charge in [0.25, 0.3) is 0 Å². The lowest BCUT2D eigenvalue weighted by molar-refractivity contribution is -0.939. The lowest BCUT2D eigenvalue weighted by Gasteiger charge is -2.42. The van der Waals surface area contributed by atoms with Crippen LogP contribution in [0.4, 0.5) is 0 Å². The molecule has 2 nitrogen and oxygen atoms in total. The second-order valence-electron chi connectivity index (χ2n) is 5.34. The second-order valence-corrected chi connectivity index (χ2v) is 7.08. The minimum Gasteiger partial charge on any atom is -0.307 e. The lowest BCUT2D eigenvalue weighted by atomic mass is 10.1. The summed E-state index contributed by atoms with van der Waals surface area (Å²) in [4.78, 5) is 3.65. The van der Waals surface area contributed by atoms with Crippen LogP contribution < -0.4 is 4.90 Å². The Morgan fingerprint density at radius 2 is 1.48 bits per heavy atom. The largest absolute Gasteiger partial charge is 0.307 e. The number of quaternary nitrogens is 1. The van der Waals surface area contributed by atoms with Gasteiger partial charge in [-0.2, -0.15) is 0 Å². The van der Waals surface area contributed by atoms with Gasteiger partial charge in [0.1, 0.15) is 4.32 Å². The van der Waals surface area contributed by atoms with Gasteiger partial charge in [0.05, 0.1) is 7.05 Å². The molecule has 1 aliphatic rings. The Balaban J connectivity index is 1.98. The van der Waals surface area contributed by atoms with Crippen LogP contribution in [0.5, 0.6) is 0 Å². The topological polar surface area (TPSA) is 7.68 Å². The second kappa shape index (κ2) is 6.18. The first-order valence-corrected chi connectivity index (χ1v) is 8.34. The molecule has 2 aromatic rings. The van der Waals surface area contributed by atoms with E-state index in [9.17, 15) is 0 Å². The maximum absolute atomic E-state index is 5.61. The van der Waals surface area contributed by atoms with Crippen molar-refractivity contribution in [3.8, 4) is 0 Å². The molecular weight excluding hydrogens is 296 g/mol. The van der Waals surface area contributed by atoms with E-state index in [1.165, 1.54) is 16.0 Å². The Bertz CT molecular complexity index is 615. The Morgan fingerprint density at radius 1 is 0.952 bits per heavy atom. The van der Waals surface area contributed by atoms with Crippen LogP contribution in [0, 0.1) is 0 Å². The van der Waals surface area contributed by atoms with Gasteiger partial charge >= 0.3 is 0 Å². The third-order valence-corrected chi connectivity index (χ3v) is 5.90. The maximum Gasteiger partial charge on any atom is 0.191 e. The van der Waals surface area contributed by atoms with E-state index in [0.29, 0.717) is 5.37 Å². The Morgan fingerprint density at radius 3 is 2.05 bits per heavy atom. The third-order valence-electron chi connectivity index (χ3n) is 3.96. The Hall–Kier alpha value is -1.36. The summed E-state index contributed by atoms with van der Waals surface area (Å²) in [5.41, 5.74) is 2.64. The van der Waals surface area contributed by atoms with Crippen LogP contribution in [-0.4, -0.2) is 23.3 Å². The number of hydrogen-bond acceptors (Lipinski definition) is 2. The number of thiocarbonyl (C=S) groups is 1. The van der Waals surface area contributed by atoms with Crippen molar-refractivity contribution in [1.29, 1.82) is 0 Å². The van der Waals surface area contributed by atoms with E-state index >= 15 is 0 Å². The number of hydrogen-bond donors (Lipinski definition) is 1. The molecular formula is C17H19N2S2+. The molecule has 0 aromatic heterocycles. The zero-order chi connectivity index (χ0) is 14.8. The van der Waals surface area contributed by atoms with Crippen molar-refractivity contribution in [1.82, 2.24) is 4.90 Å². The highest BCUT2D eigenvalue weighted by Crippen LogP contribution is 2.33. The van der Waals surface area contributed by atoms with E-state index in [0.717, 1.165) is 4.32 Å². The van der Waals surface area contributed by atoms with Crippen LogP contribution in [-0.2, 0) is 0 Å². The van der Waals surface area contributed by atoms with E-state index in [1.54, 1.807) is 11.8 Å². The van der Waals surface area contributed by atoms with Crippen molar-refractivity contribution in [3.63, 3.8) is 0 Å². The van der Waals surface area contributed by atoms with Gasteiger partial charge in [-0.1, -0.05) is 72.9 Å². The molecule has 0 saturated carbocycles. The van der Waals surface area contributed by atoms with Gasteiger partial charge in [0, 0.05) is 18.2 Å². The number of benzene rings is 2. The maximum atomic E-state index is 5.61.